The number of unbranched alkanes of at least 4 members (excludes halogenated alkanes) is 39. The maximum absolute atomic E-state index is 13.1. The van der Waals surface area contributed by atoms with Gasteiger partial charge in [-0.1, -0.05) is 355 Å². The molecule has 3 atom stereocenters. The average Bonchev–Trinajstić information content (AvgIpc) is 3.70. The molecule has 0 heterocycles. The van der Waals surface area contributed by atoms with E-state index >= 15 is 0 Å². The third-order valence-electron chi connectivity index (χ3n) is 16.6. The molecule has 0 saturated carbocycles. The summed E-state index contributed by atoms with van der Waals surface area (Å²) in [7, 11) is 1.31. The summed E-state index contributed by atoms with van der Waals surface area (Å²) in [6.07, 6.45) is 97.8. The number of nitrogens with one attached hydrogen (secondary N) is 1. The molecule has 0 radical (unpaired) electrons. The predicted molar refractivity (Wildman–Crippen MR) is 380 cm³/mol. The van der Waals surface area contributed by atoms with E-state index in [2.05, 4.69) is 116 Å². The molecule has 0 rings (SSSR count). The molecule has 0 aliphatic rings. The molecule has 9 heteroatoms. The summed E-state index contributed by atoms with van der Waals surface area (Å²) >= 11 is 0. The van der Waals surface area contributed by atoms with Crippen LogP contribution < -0.4 is 10.2 Å². The standard InChI is InChI=1S/C78H143N2O6P/c1-6-8-10-12-14-16-18-20-22-24-26-28-30-32-34-36-37-38-39-40-41-42-43-44-46-48-50-52-54-56-58-60-62-64-66-68-70-72-78(82)79-76(75-86-87(83,84)85-74-73-80(3,4)5)77(81)71-69-67-65-63-61-59-57-55-53-51-49-47-45-35-33-31-29-27-25-23-21-19-17-15-13-11-9-7-2/h8,10,14,16,20,22,26,28,32,34,37-38,40-41,43-44,76-77,81H,6-7,9,11-13,15,17-19,21,23-25,27,29-31,33,35-36,39,42,45-75H2,1-5H3,(H-,79,82,83,84)/b10-8-,16-14-,22-20-,28-26-,34-32-,38-37-,41-40-,44-43-. The topological polar surface area (TPSA) is 108 Å². The van der Waals surface area contributed by atoms with E-state index in [0.717, 1.165) is 89.9 Å². The lowest BCUT2D eigenvalue weighted by Crippen LogP contribution is -2.46. The van der Waals surface area contributed by atoms with Gasteiger partial charge < -0.3 is 28.8 Å². The summed E-state index contributed by atoms with van der Waals surface area (Å²) in [5, 5.41) is 14.1. The molecule has 0 fully saturated rings. The summed E-state index contributed by atoms with van der Waals surface area (Å²) < 4.78 is 23.6. The van der Waals surface area contributed by atoms with Crippen molar-refractivity contribution in [2.45, 2.75) is 353 Å². The van der Waals surface area contributed by atoms with Crippen molar-refractivity contribution in [1.82, 2.24) is 5.32 Å². The second-order valence-electron chi connectivity index (χ2n) is 26.3. The minimum Gasteiger partial charge on any atom is -0.756 e. The molecule has 0 aromatic carbocycles. The summed E-state index contributed by atoms with van der Waals surface area (Å²) in [5.74, 6) is -0.165. The molecule has 0 aromatic heterocycles. The zero-order chi connectivity index (χ0) is 63.4. The Hall–Kier alpha value is -2.58. The van der Waals surface area contributed by atoms with Crippen molar-refractivity contribution in [2.24, 2.45) is 0 Å². The van der Waals surface area contributed by atoms with Gasteiger partial charge in [-0.15, -0.1) is 0 Å². The van der Waals surface area contributed by atoms with Crippen molar-refractivity contribution < 1.29 is 32.9 Å². The summed E-state index contributed by atoms with van der Waals surface area (Å²) in [6.45, 7) is 4.64. The second-order valence-corrected chi connectivity index (χ2v) is 27.7. The lowest BCUT2D eigenvalue weighted by molar-refractivity contribution is -0.870. The van der Waals surface area contributed by atoms with Gasteiger partial charge in [0.15, 0.2) is 0 Å². The van der Waals surface area contributed by atoms with Gasteiger partial charge in [-0.3, -0.25) is 9.36 Å². The Morgan fingerprint density at radius 1 is 0.414 bits per heavy atom. The van der Waals surface area contributed by atoms with Gasteiger partial charge in [0.05, 0.1) is 39.9 Å². The van der Waals surface area contributed by atoms with Crippen LogP contribution in [-0.2, 0) is 18.4 Å². The van der Waals surface area contributed by atoms with Crippen LogP contribution in [-0.4, -0.2) is 68.5 Å². The number of phosphoric ester groups is 1. The number of likely N-dealkylation sites (N-methyl/N-ethyl adjacent to an activating group) is 1. The van der Waals surface area contributed by atoms with Crippen molar-refractivity contribution >= 4 is 13.7 Å². The molecule has 0 spiro atoms. The maximum Gasteiger partial charge on any atom is 0.268 e. The van der Waals surface area contributed by atoms with Crippen LogP contribution in [0.2, 0.25) is 0 Å². The van der Waals surface area contributed by atoms with Gasteiger partial charge in [0.1, 0.15) is 13.2 Å². The first-order valence-corrected chi connectivity index (χ1v) is 38.5. The maximum atomic E-state index is 13.1. The van der Waals surface area contributed by atoms with Gasteiger partial charge in [-0.2, -0.15) is 0 Å². The molecule has 0 aliphatic carbocycles. The van der Waals surface area contributed by atoms with E-state index in [4.69, 9.17) is 9.05 Å². The normalized spacial score (nSPS) is 14.1. The third-order valence-corrected chi connectivity index (χ3v) is 17.6. The highest BCUT2D eigenvalue weighted by Crippen LogP contribution is 2.38. The van der Waals surface area contributed by atoms with Gasteiger partial charge in [0.25, 0.3) is 7.82 Å². The Kier molecular flexibility index (Phi) is 65.8. The Morgan fingerprint density at radius 2 is 0.701 bits per heavy atom. The second kappa shape index (κ2) is 67.8. The number of amides is 1. The van der Waals surface area contributed by atoms with Crippen molar-refractivity contribution in [3.8, 4) is 0 Å². The highest BCUT2D eigenvalue weighted by molar-refractivity contribution is 7.45. The monoisotopic (exact) mass is 1240 g/mol. The van der Waals surface area contributed by atoms with Crippen LogP contribution in [0.5, 0.6) is 0 Å². The zero-order valence-corrected chi connectivity index (χ0v) is 58.9. The van der Waals surface area contributed by atoms with Crippen LogP contribution in [0, 0.1) is 0 Å². The Balaban J connectivity index is 4.04. The number of phosphoric acid groups is 1. The van der Waals surface area contributed by atoms with Gasteiger partial charge in [0, 0.05) is 6.42 Å². The quantitative estimate of drug-likeness (QED) is 0.0272. The van der Waals surface area contributed by atoms with E-state index in [1.807, 2.05) is 21.1 Å². The summed E-state index contributed by atoms with van der Waals surface area (Å²) in [4.78, 5) is 25.7. The Bertz CT molecular complexity index is 1740. The Morgan fingerprint density at radius 3 is 1.02 bits per heavy atom. The van der Waals surface area contributed by atoms with Crippen molar-refractivity contribution in [1.29, 1.82) is 0 Å². The molecule has 2 N–H and O–H groups in total. The lowest BCUT2D eigenvalue weighted by Gasteiger charge is -2.30. The van der Waals surface area contributed by atoms with Gasteiger partial charge in [-0.25, -0.2) is 0 Å². The average molecular weight is 1240 g/mol. The smallest absolute Gasteiger partial charge is 0.268 e. The number of hydrogen-bond acceptors (Lipinski definition) is 6. The molecule has 0 aromatic rings. The van der Waals surface area contributed by atoms with E-state index in [-0.39, 0.29) is 19.1 Å². The van der Waals surface area contributed by atoms with Crippen LogP contribution in [0.25, 0.3) is 0 Å². The SMILES string of the molecule is CC/C=C\C/C=C\C/C=C\C/C=C\C/C=C\C/C=C\C/C=C\C/C=C\CCCCCCCCCCCCCCC(=O)NC(COP(=O)([O-])OCC[N+](C)(C)C)C(O)CCCCCCCCCCCCCCCCCCCCCCCCCCCCCC. The van der Waals surface area contributed by atoms with Crippen LogP contribution in [0.15, 0.2) is 97.2 Å². The van der Waals surface area contributed by atoms with Crippen molar-refractivity contribution in [3.05, 3.63) is 97.2 Å². The highest BCUT2D eigenvalue weighted by atomic mass is 31.2. The van der Waals surface area contributed by atoms with E-state index in [9.17, 15) is 19.4 Å². The fourth-order valence-corrected chi connectivity index (χ4v) is 11.6. The van der Waals surface area contributed by atoms with E-state index < -0.39 is 20.0 Å². The summed E-state index contributed by atoms with van der Waals surface area (Å²) in [5.41, 5.74) is 0. The van der Waals surface area contributed by atoms with Crippen LogP contribution >= 0.6 is 7.82 Å². The molecule has 506 valence electrons. The molecule has 8 nitrogen and oxygen atoms in total. The largest absolute Gasteiger partial charge is 0.756 e. The van der Waals surface area contributed by atoms with E-state index in [1.165, 1.54) is 225 Å². The number of allylic oxidation sites excluding steroid dienone is 16. The first kappa shape index (κ1) is 84.4. The first-order chi connectivity index (χ1) is 42.5. The number of carbonyl (C=O) groups is 1. The molecule has 0 bridgehead atoms. The van der Waals surface area contributed by atoms with Crippen molar-refractivity contribution in [2.75, 3.05) is 40.9 Å². The molecule has 3 unspecified atom stereocenters. The van der Waals surface area contributed by atoms with Crippen LogP contribution in [0.3, 0.4) is 0 Å². The van der Waals surface area contributed by atoms with E-state index in [0.29, 0.717) is 23.9 Å². The first-order valence-electron chi connectivity index (χ1n) is 37.1. The van der Waals surface area contributed by atoms with Gasteiger partial charge >= 0.3 is 0 Å². The van der Waals surface area contributed by atoms with Gasteiger partial charge in [-0.05, 0) is 77.0 Å². The molecule has 0 aliphatic heterocycles. The zero-order valence-electron chi connectivity index (χ0n) is 58.0. The van der Waals surface area contributed by atoms with Crippen LogP contribution in [0.4, 0.5) is 0 Å². The fraction of sp³-hybridized carbons (Fsp3) is 0.782. The third kappa shape index (κ3) is 70.7. The van der Waals surface area contributed by atoms with Crippen LogP contribution in [0.1, 0.15) is 341 Å². The lowest BCUT2D eigenvalue weighted by atomic mass is 10.0. The number of hydrogen-bond donors (Lipinski definition) is 2. The summed E-state index contributed by atoms with van der Waals surface area (Å²) in [6, 6.07) is -0.809. The minimum absolute atomic E-state index is 0.00923. The highest BCUT2D eigenvalue weighted by Gasteiger charge is 2.24. The number of quaternary nitrogens is 1. The Labute approximate surface area is 540 Å². The molecular weight excluding hydrogens is 1090 g/mol. The number of rotatable bonds is 68. The minimum atomic E-state index is -4.59. The molecule has 0 saturated heterocycles. The number of nitrogens with zero attached hydrogens (tertiary/aromatic N) is 1. The molecular formula is C78H143N2O6P. The van der Waals surface area contributed by atoms with Gasteiger partial charge in [0.2, 0.25) is 5.91 Å². The van der Waals surface area contributed by atoms with E-state index in [1.54, 1.807) is 0 Å². The molecule has 1 amide bonds. The number of aliphatic hydroxyl groups excluding tert-OH is 1. The molecule has 87 heavy (non-hydrogen) atoms. The number of aliphatic hydroxyl groups is 1. The van der Waals surface area contributed by atoms with Crippen molar-refractivity contribution in [3.63, 3.8) is 0 Å². The predicted octanol–water partition coefficient (Wildman–Crippen LogP) is 23.4. The number of carbonyl (C=O) groups excluding carboxylic acids is 1. The fourth-order valence-electron chi connectivity index (χ4n) is 10.9.